The summed E-state index contributed by atoms with van der Waals surface area (Å²) in [6, 6.07) is 7.16. The number of nitrogens with one attached hydrogen (secondary N) is 1. The number of phenolic OH excluding ortho intramolecular Hbond substituents is 1. The van der Waals surface area contributed by atoms with E-state index in [0.29, 0.717) is 5.75 Å². The van der Waals surface area contributed by atoms with Crippen LogP contribution in [-0.4, -0.2) is 17.4 Å². The SMILES string of the molecule is Oc1cccc(C2=NNCC2)c1. The van der Waals surface area contributed by atoms with E-state index in [2.05, 4.69) is 10.5 Å². The van der Waals surface area contributed by atoms with E-state index in [1.165, 1.54) is 0 Å². The Morgan fingerprint density at radius 1 is 1.42 bits per heavy atom. The van der Waals surface area contributed by atoms with Gasteiger partial charge in [-0.25, -0.2) is 0 Å². The Bertz CT molecular complexity index is 320. The standard InChI is InChI=1S/C9H10N2O/c12-8-3-1-2-7(6-8)9-4-5-10-11-9/h1-3,6,10,12H,4-5H2. The quantitative estimate of drug-likeness (QED) is 0.649. The Kier molecular flexibility index (Phi) is 1.70. The van der Waals surface area contributed by atoms with Gasteiger partial charge in [-0.15, -0.1) is 0 Å². The molecule has 12 heavy (non-hydrogen) atoms. The highest BCUT2D eigenvalue weighted by atomic mass is 16.3. The maximum absolute atomic E-state index is 9.20. The summed E-state index contributed by atoms with van der Waals surface area (Å²) in [5.74, 6) is 0.294. The van der Waals surface area contributed by atoms with E-state index in [-0.39, 0.29) is 0 Å². The zero-order valence-corrected chi connectivity index (χ0v) is 6.62. The van der Waals surface area contributed by atoms with Crippen LogP contribution in [0.1, 0.15) is 12.0 Å². The van der Waals surface area contributed by atoms with Crippen LogP contribution in [0.2, 0.25) is 0 Å². The van der Waals surface area contributed by atoms with Crippen LogP contribution < -0.4 is 5.43 Å². The maximum atomic E-state index is 9.20. The Morgan fingerprint density at radius 3 is 3.00 bits per heavy atom. The molecule has 1 aliphatic rings. The normalized spacial score (nSPS) is 15.5. The molecule has 0 saturated heterocycles. The highest BCUT2D eigenvalue weighted by Crippen LogP contribution is 2.14. The molecule has 0 bridgehead atoms. The molecule has 1 heterocycles. The van der Waals surface area contributed by atoms with Gasteiger partial charge in [0.1, 0.15) is 5.75 Å². The molecule has 1 aromatic carbocycles. The molecule has 3 nitrogen and oxygen atoms in total. The van der Waals surface area contributed by atoms with E-state index >= 15 is 0 Å². The van der Waals surface area contributed by atoms with Gasteiger partial charge < -0.3 is 10.5 Å². The third-order valence-electron chi connectivity index (χ3n) is 1.87. The number of nitrogens with zero attached hydrogens (tertiary/aromatic N) is 1. The van der Waals surface area contributed by atoms with Gasteiger partial charge in [0.05, 0.1) is 5.71 Å². The molecule has 1 aliphatic heterocycles. The van der Waals surface area contributed by atoms with Gasteiger partial charge in [0.2, 0.25) is 0 Å². The van der Waals surface area contributed by atoms with Crippen LogP contribution in [-0.2, 0) is 0 Å². The molecular formula is C9H10N2O. The van der Waals surface area contributed by atoms with E-state index < -0.39 is 0 Å². The second kappa shape index (κ2) is 2.85. The van der Waals surface area contributed by atoms with Crippen molar-refractivity contribution < 1.29 is 5.11 Å². The molecule has 2 rings (SSSR count). The van der Waals surface area contributed by atoms with E-state index in [9.17, 15) is 5.11 Å². The van der Waals surface area contributed by atoms with Crippen LogP contribution in [0.4, 0.5) is 0 Å². The lowest BCUT2D eigenvalue weighted by molar-refractivity contribution is 0.475. The number of aromatic hydroxyl groups is 1. The number of rotatable bonds is 1. The molecule has 0 radical (unpaired) electrons. The number of hydrogen-bond acceptors (Lipinski definition) is 3. The lowest BCUT2D eigenvalue weighted by Gasteiger charge is -1.98. The average Bonchev–Trinajstić information content (AvgIpc) is 2.56. The molecule has 62 valence electrons. The highest BCUT2D eigenvalue weighted by molar-refractivity contribution is 6.01. The summed E-state index contributed by atoms with van der Waals surface area (Å²) < 4.78 is 0. The van der Waals surface area contributed by atoms with Crippen LogP contribution in [0.15, 0.2) is 29.4 Å². The van der Waals surface area contributed by atoms with Crippen LogP contribution in [0.25, 0.3) is 0 Å². The molecule has 0 amide bonds. The van der Waals surface area contributed by atoms with Gasteiger partial charge in [-0.05, 0) is 12.1 Å². The average molecular weight is 162 g/mol. The largest absolute Gasteiger partial charge is 0.508 e. The summed E-state index contributed by atoms with van der Waals surface area (Å²) in [7, 11) is 0. The minimum absolute atomic E-state index is 0.294. The number of benzene rings is 1. The fraction of sp³-hybridized carbons (Fsp3) is 0.222. The predicted molar refractivity (Wildman–Crippen MR) is 47.3 cm³/mol. The molecular weight excluding hydrogens is 152 g/mol. The lowest BCUT2D eigenvalue weighted by Crippen LogP contribution is -1.97. The second-order valence-corrected chi connectivity index (χ2v) is 2.77. The Labute approximate surface area is 70.7 Å². The van der Waals surface area contributed by atoms with E-state index in [4.69, 9.17) is 0 Å². The lowest BCUT2D eigenvalue weighted by atomic mass is 10.1. The summed E-state index contributed by atoms with van der Waals surface area (Å²) in [4.78, 5) is 0. The van der Waals surface area contributed by atoms with E-state index in [1.54, 1.807) is 12.1 Å². The molecule has 3 heteroatoms. The fourth-order valence-corrected chi connectivity index (χ4v) is 1.28. The van der Waals surface area contributed by atoms with Crippen molar-refractivity contribution in [3.05, 3.63) is 29.8 Å². The molecule has 2 N–H and O–H groups in total. The zero-order valence-electron chi connectivity index (χ0n) is 6.62. The summed E-state index contributed by atoms with van der Waals surface area (Å²) in [6.45, 7) is 0.894. The minimum atomic E-state index is 0.294. The van der Waals surface area contributed by atoms with Crippen LogP contribution in [0.5, 0.6) is 5.75 Å². The van der Waals surface area contributed by atoms with Gasteiger partial charge in [0.15, 0.2) is 0 Å². The van der Waals surface area contributed by atoms with Crippen molar-refractivity contribution in [2.24, 2.45) is 5.10 Å². The van der Waals surface area contributed by atoms with Gasteiger partial charge in [0, 0.05) is 18.5 Å². The first kappa shape index (κ1) is 7.16. The van der Waals surface area contributed by atoms with Crippen molar-refractivity contribution in [1.29, 1.82) is 0 Å². The number of phenols is 1. The third-order valence-corrected chi connectivity index (χ3v) is 1.87. The molecule has 0 saturated carbocycles. The first-order chi connectivity index (χ1) is 5.86. The van der Waals surface area contributed by atoms with E-state index in [1.807, 2.05) is 12.1 Å². The van der Waals surface area contributed by atoms with Crippen LogP contribution in [0, 0.1) is 0 Å². The highest BCUT2D eigenvalue weighted by Gasteiger charge is 2.08. The number of hydrogen-bond donors (Lipinski definition) is 2. The first-order valence-electron chi connectivity index (χ1n) is 3.95. The topological polar surface area (TPSA) is 44.6 Å². The Hall–Kier alpha value is -1.51. The maximum Gasteiger partial charge on any atom is 0.116 e. The minimum Gasteiger partial charge on any atom is -0.508 e. The molecule has 0 aliphatic carbocycles. The molecule has 0 atom stereocenters. The van der Waals surface area contributed by atoms with Gasteiger partial charge in [-0.3, -0.25) is 0 Å². The molecule has 0 aromatic heterocycles. The summed E-state index contributed by atoms with van der Waals surface area (Å²) in [5.41, 5.74) is 4.92. The monoisotopic (exact) mass is 162 g/mol. The molecule has 0 fully saturated rings. The van der Waals surface area contributed by atoms with Crippen molar-refractivity contribution >= 4 is 5.71 Å². The van der Waals surface area contributed by atoms with Crippen molar-refractivity contribution in [3.63, 3.8) is 0 Å². The molecule has 1 aromatic rings. The number of hydrazone groups is 1. The fourth-order valence-electron chi connectivity index (χ4n) is 1.28. The van der Waals surface area contributed by atoms with Gasteiger partial charge >= 0.3 is 0 Å². The van der Waals surface area contributed by atoms with Gasteiger partial charge in [0.25, 0.3) is 0 Å². The third kappa shape index (κ3) is 1.25. The summed E-state index contributed by atoms with van der Waals surface area (Å²) in [5, 5.41) is 13.3. The Morgan fingerprint density at radius 2 is 2.33 bits per heavy atom. The predicted octanol–water partition coefficient (Wildman–Crippen LogP) is 1.09. The van der Waals surface area contributed by atoms with Crippen molar-refractivity contribution in [3.8, 4) is 5.75 Å². The Balaban J connectivity index is 2.33. The van der Waals surface area contributed by atoms with Crippen molar-refractivity contribution in [1.82, 2.24) is 5.43 Å². The van der Waals surface area contributed by atoms with Gasteiger partial charge in [-0.1, -0.05) is 12.1 Å². The van der Waals surface area contributed by atoms with Crippen molar-refractivity contribution in [2.45, 2.75) is 6.42 Å². The first-order valence-corrected chi connectivity index (χ1v) is 3.95. The summed E-state index contributed by atoms with van der Waals surface area (Å²) in [6.07, 6.45) is 0.934. The van der Waals surface area contributed by atoms with Crippen molar-refractivity contribution in [2.75, 3.05) is 6.54 Å². The second-order valence-electron chi connectivity index (χ2n) is 2.77. The van der Waals surface area contributed by atoms with Crippen LogP contribution in [0.3, 0.4) is 0 Å². The van der Waals surface area contributed by atoms with E-state index in [0.717, 1.165) is 24.2 Å². The molecule has 0 unspecified atom stereocenters. The summed E-state index contributed by atoms with van der Waals surface area (Å²) >= 11 is 0. The zero-order chi connectivity index (χ0) is 8.39. The van der Waals surface area contributed by atoms with Crippen LogP contribution >= 0.6 is 0 Å². The smallest absolute Gasteiger partial charge is 0.116 e. The van der Waals surface area contributed by atoms with Gasteiger partial charge in [-0.2, -0.15) is 5.10 Å². The molecule has 0 spiro atoms.